The predicted molar refractivity (Wildman–Crippen MR) is 61.2 cm³/mol. The monoisotopic (exact) mass is 204 g/mol. The number of nitrogen functional groups attached to an aromatic ring is 1. The number of nitrogens with two attached hydrogens (primary N) is 2. The number of anilines is 1. The molecule has 1 unspecified atom stereocenters. The lowest BCUT2D eigenvalue weighted by Gasteiger charge is -2.24. The van der Waals surface area contributed by atoms with Crippen molar-refractivity contribution in [2.24, 2.45) is 5.73 Å². The summed E-state index contributed by atoms with van der Waals surface area (Å²) < 4.78 is 0. The molecule has 4 nitrogen and oxygen atoms in total. The van der Waals surface area contributed by atoms with Crippen molar-refractivity contribution < 1.29 is 0 Å². The first kappa shape index (κ1) is 10.1. The Morgan fingerprint density at radius 2 is 2.20 bits per heavy atom. The standard InChI is InChI=1S/C11H16N4/c1-3-11(13)5-4-8-9(6-11)14-7(2)15-10(8)12/h4,6H,3,5,13H2,1-2H3,(H2,12,14,15). The van der Waals surface area contributed by atoms with E-state index in [1.807, 2.05) is 19.1 Å². The molecule has 1 atom stereocenters. The van der Waals surface area contributed by atoms with Gasteiger partial charge in [0.15, 0.2) is 0 Å². The highest BCUT2D eigenvalue weighted by atomic mass is 14.9. The van der Waals surface area contributed by atoms with Crippen LogP contribution in [0, 0.1) is 6.92 Å². The van der Waals surface area contributed by atoms with Crippen LogP contribution in [0.3, 0.4) is 0 Å². The molecule has 80 valence electrons. The van der Waals surface area contributed by atoms with Gasteiger partial charge in [-0.25, -0.2) is 9.97 Å². The molecule has 1 aliphatic carbocycles. The predicted octanol–water partition coefficient (Wildman–Crippen LogP) is -0.561. The van der Waals surface area contributed by atoms with E-state index < -0.39 is 0 Å². The van der Waals surface area contributed by atoms with Crippen molar-refractivity contribution in [1.82, 2.24) is 9.97 Å². The average Bonchev–Trinajstić information content (AvgIpc) is 2.16. The van der Waals surface area contributed by atoms with Crippen LogP contribution in [0.4, 0.5) is 5.82 Å². The summed E-state index contributed by atoms with van der Waals surface area (Å²) in [4.78, 5) is 8.50. The Labute approximate surface area is 88.7 Å². The summed E-state index contributed by atoms with van der Waals surface area (Å²) in [5.41, 5.74) is 11.7. The normalized spacial score (nSPS) is 23.9. The molecule has 0 aliphatic heterocycles. The smallest absolute Gasteiger partial charge is 0.134 e. The summed E-state index contributed by atoms with van der Waals surface area (Å²) in [6.07, 6.45) is 5.74. The maximum Gasteiger partial charge on any atom is 0.134 e. The van der Waals surface area contributed by atoms with Crippen molar-refractivity contribution in [3.8, 4) is 0 Å². The molecule has 0 saturated carbocycles. The van der Waals surface area contributed by atoms with Crippen molar-refractivity contribution in [1.29, 1.82) is 0 Å². The van der Waals surface area contributed by atoms with Gasteiger partial charge in [-0.15, -0.1) is 0 Å². The topological polar surface area (TPSA) is 77.8 Å². The Balaban J connectivity index is 2.72. The van der Waals surface area contributed by atoms with Crippen LogP contribution < -0.4 is 22.0 Å². The number of nitrogens with zero attached hydrogens (tertiary/aromatic N) is 2. The molecule has 0 amide bonds. The van der Waals surface area contributed by atoms with Crippen molar-refractivity contribution in [3.05, 3.63) is 16.4 Å². The summed E-state index contributed by atoms with van der Waals surface area (Å²) >= 11 is 0. The van der Waals surface area contributed by atoms with Crippen molar-refractivity contribution in [2.75, 3.05) is 5.73 Å². The minimum atomic E-state index is -0.278. The lowest BCUT2D eigenvalue weighted by molar-refractivity contribution is 0.553. The van der Waals surface area contributed by atoms with Gasteiger partial charge in [-0.3, -0.25) is 0 Å². The molecule has 1 heterocycles. The fourth-order valence-electron chi connectivity index (χ4n) is 1.81. The minimum Gasteiger partial charge on any atom is -0.383 e. The van der Waals surface area contributed by atoms with Gasteiger partial charge in [0.05, 0.1) is 5.35 Å². The molecular formula is C11H16N4. The summed E-state index contributed by atoms with van der Waals surface area (Å²) in [6, 6.07) is 0. The van der Waals surface area contributed by atoms with Gasteiger partial charge in [0.25, 0.3) is 0 Å². The zero-order chi connectivity index (χ0) is 11.1. The summed E-state index contributed by atoms with van der Waals surface area (Å²) in [5.74, 6) is 1.24. The zero-order valence-corrected chi connectivity index (χ0v) is 9.12. The molecule has 1 aromatic rings. The maximum atomic E-state index is 6.19. The van der Waals surface area contributed by atoms with Gasteiger partial charge < -0.3 is 11.5 Å². The molecule has 0 fully saturated rings. The minimum absolute atomic E-state index is 0.278. The van der Waals surface area contributed by atoms with E-state index in [9.17, 15) is 0 Å². The van der Waals surface area contributed by atoms with Crippen LogP contribution in [0.5, 0.6) is 0 Å². The van der Waals surface area contributed by atoms with Gasteiger partial charge >= 0.3 is 0 Å². The second-order valence-electron chi connectivity index (χ2n) is 4.09. The van der Waals surface area contributed by atoms with Gasteiger partial charge in [-0.1, -0.05) is 13.0 Å². The Hall–Kier alpha value is -1.42. The van der Waals surface area contributed by atoms with E-state index in [-0.39, 0.29) is 5.54 Å². The molecule has 1 aliphatic rings. The molecule has 0 saturated heterocycles. The van der Waals surface area contributed by atoms with E-state index in [1.165, 1.54) is 0 Å². The second-order valence-corrected chi connectivity index (χ2v) is 4.09. The average molecular weight is 204 g/mol. The fraction of sp³-hybridized carbons (Fsp3) is 0.455. The SMILES string of the molecule is CCC1(N)C=c2nc(C)nc(N)c2=CC1. The van der Waals surface area contributed by atoms with E-state index in [1.54, 1.807) is 0 Å². The fourth-order valence-corrected chi connectivity index (χ4v) is 1.81. The third kappa shape index (κ3) is 1.72. The lowest BCUT2D eigenvalue weighted by atomic mass is 9.89. The van der Waals surface area contributed by atoms with Crippen LogP contribution >= 0.6 is 0 Å². The highest BCUT2D eigenvalue weighted by Crippen LogP contribution is 2.15. The Morgan fingerprint density at radius 3 is 2.87 bits per heavy atom. The first-order chi connectivity index (χ1) is 7.04. The van der Waals surface area contributed by atoms with Crippen molar-refractivity contribution >= 4 is 18.0 Å². The van der Waals surface area contributed by atoms with E-state index in [2.05, 4.69) is 16.9 Å². The Kier molecular flexibility index (Phi) is 2.23. The zero-order valence-electron chi connectivity index (χ0n) is 9.12. The molecule has 0 bridgehead atoms. The van der Waals surface area contributed by atoms with Gasteiger partial charge in [0.2, 0.25) is 0 Å². The third-order valence-electron chi connectivity index (χ3n) is 2.89. The number of fused-ring (bicyclic) bond motifs is 1. The van der Waals surface area contributed by atoms with Crippen LogP contribution in [-0.4, -0.2) is 15.5 Å². The summed E-state index contributed by atoms with van der Waals surface area (Å²) in [6.45, 7) is 3.91. The van der Waals surface area contributed by atoms with Gasteiger partial charge in [0.1, 0.15) is 11.6 Å². The van der Waals surface area contributed by atoms with Crippen molar-refractivity contribution in [3.63, 3.8) is 0 Å². The number of rotatable bonds is 1. The molecule has 4 N–H and O–H groups in total. The van der Waals surface area contributed by atoms with E-state index in [0.717, 1.165) is 23.4 Å². The molecule has 0 aromatic carbocycles. The van der Waals surface area contributed by atoms with Gasteiger partial charge in [-0.05, 0) is 25.8 Å². The molecule has 4 heteroatoms. The van der Waals surface area contributed by atoms with Crippen LogP contribution in [0.25, 0.3) is 12.2 Å². The van der Waals surface area contributed by atoms with Crippen LogP contribution in [0.15, 0.2) is 0 Å². The van der Waals surface area contributed by atoms with Crippen LogP contribution in [0.1, 0.15) is 25.6 Å². The number of aromatic nitrogens is 2. The Morgan fingerprint density at radius 1 is 1.47 bits per heavy atom. The molecular weight excluding hydrogens is 188 g/mol. The Bertz CT molecular complexity index is 506. The third-order valence-corrected chi connectivity index (χ3v) is 2.89. The quantitative estimate of drug-likeness (QED) is 0.643. The molecule has 15 heavy (non-hydrogen) atoms. The summed E-state index contributed by atoms with van der Waals surface area (Å²) in [5, 5.41) is 1.80. The molecule has 2 rings (SSSR count). The van der Waals surface area contributed by atoms with Gasteiger partial charge in [0, 0.05) is 10.8 Å². The molecule has 1 aromatic heterocycles. The summed E-state index contributed by atoms with van der Waals surface area (Å²) in [7, 11) is 0. The number of hydrogen-bond donors (Lipinski definition) is 2. The number of hydrogen-bond acceptors (Lipinski definition) is 4. The maximum absolute atomic E-state index is 6.19. The highest BCUT2D eigenvalue weighted by Gasteiger charge is 2.21. The van der Waals surface area contributed by atoms with E-state index >= 15 is 0 Å². The van der Waals surface area contributed by atoms with E-state index in [4.69, 9.17) is 11.5 Å². The second kappa shape index (κ2) is 3.31. The van der Waals surface area contributed by atoms with Crippen molar-refractivity contribution in [2.45, 2.75) is 32.2 Å². The van der Waals surface area contributed by atoms with E-state index in [0.29, 0.717) is 11.6 Å². The lowest BCUT2D eigenvalue weighted by Crippen LogP contribution is -2.46. The number of aryl methyl sites for hydroxylation is 1. The van der Waals surface area contributed by atoms with Crippen LogP contribution in [0.2, 0.25) is 0 Å². The molecule has 0 spiro atoms. The highest BCUT2D eigenvalue weighted by molar-refractivity contribution is 5.51. The van der Waals surface area contributed by atoms with Gasteiger partial charge in [-0.2, -0.15) is 0 Å². The first-order valence-corrected chi connectivity index (χ1v) is 5.16. The van der Waals surface area contributed by atoms with Crippen LogP contribution in [-0.2, 0) is 0 Å². The molecule has 0 radical (unpaired) electrons. The largest absolute Gasteiger partial charge is 0.383 e. The first-order valence-electron chi connectivity index (χ1n) is 5.16.